The van der Waals surface area contributed by atoms with E-state index >= 15 is 0 Å². The lowest BCUT2D eigenvalue weighted by molar-refractivity contribution is -0.0301. The molecule has 3 heterocycles. The third-order valence-electron chi connectivity index (χ3n) is 4.59. The van der Waals surface area contributed by atoms with Crippen LogP contribution in [0.2, 0.25) is 0 Å². The van der Waals surface area contributed by atoms with Crippen molar-refractivity contribution in [3.8, 4) is 0 Å². The summed E-state index contributed by atoms with van der Waals surface area (Å²) in [5.74, 6) is 1.09. The Hall–Kier alpha value is -1.33. The molecule has 0 aromatic carbocycles. The second-order valence-corrected chi connectivity index (χ2v) is 6.78. The molecule has 0 radical (unpaired) electrons. The number of amides is 1. The number of ether oxygens (including phenoxy) is 1. The summed E-state index contributed by atoms with van der Waals surface area (Å²) in [5, 5.41) is 0. The van der Waals surface area contributed by atoms with Gasteiger partial charge in [0.1, 0.15) is 0 Å². The molecular formula is C17H26N2O3. The van der Waals surface area contributed by atoms with E-state index in [0.717, 1.165) is 45.7 Å². The average Bonchev–Trinajstić information content (AvgIpc) is 2.99. The van der Waals surface area contributed by atoms with E-state index in [-0.39, 0.29) is 5.91 Å². The first kappa shape index (κ1) is 15.6. The van der Waals surface area contributed by atoms with E-state index < -0.39 is 0 Å². The number of hydrogen-bond donors (Lipinski definition) is 0. The Balaban J connectivity index is 1.58. The zero-order valence-corrected chi connectivity index (χ0v) is 13.5. The minimum absolute atomic E-state index is 0.0118. The van der Waals surface area contributed by atoms with Crippen LogP contribution in [0.3, 0.4) is 0 Å². The van der Waals surface area contributed by atoms with Crippen molar-refractivity contribution in [1.82, 2.24) is 9.80 Å². The Morgan fingerprint density at radius 1 is 1.32 bits per heavy atom. The van der Waals surface area contributed by atoms with Gasteiger partial charge in [0, 0.05) is 44.9 Å². The normalized spacial score (nSPS) is 20.6. The summed E-state index contributed by atoms with van der Waals surface area (Å²) in [6, 6.07) is 4.57. The Kier molecular flexibility index (Phi) is 4.84. The second-order valence-electron chi connectivity index (χ2n) is 6.78. The van der Waals surface area contributed by atoms with Gasteiger partial charge in [-0.05, 0) is 30.9 Å². The van der Waals surface area contributed by atoms with E-state index in [2.05, 4.69) is 18.7 Å². The number of nitrogens with zero attached hydrogens (tertiary/aromatic N) is 2. The number of hydrogen-bond acceptors (Lipinski definition) is 4. The molecule has 3 rings (SSSR count). The molecule has 2 fully saturated rings. The summed E-state index contributed by atoms with van der Waals surface area (Å²) in [4.78, 5) is 16.7. The highest BCUT2D eigenvalue weighted by Crippen LogP contribution is 2.25. The summed E-state index contributed by atoms with van der Waals surface area (Å²) >= 11 is 0. The largest absolute Gasteiger partial charge is 0.459 e. The molecule has 5 nitrogen and oxygen atoms in total. The lowest BCUT2D eigenvalue weighted by Gasteiger charge is -2.49. The first-order valence-electron chi connectivity index (χ1n) is 8.31. The standard InChI is InChI=1S/C17H26N2O3/c1-13(2)10-19(14-5-8-21-9-6-14)15-11-18(12-15)17(20)16-4-3-7-22-16/h3-4,7,13-15H,5-6,8-12H2,1-2H3. The Labute approximate surface area is 132 Å². The maximum Gasteiger partial charge on any atom is 0.289 e. The number of furan rings is 1. The van der Waals surface area contributed by atoms with Crippen molar-refractivity contribution in [2.45, 2.75) is 38.8 Å². The molecule has 0 bridgehead atoms. The van der Waals surface area contributed by atoms with Gasteiger partial charge >= 0.3 is 0 Å². The van der Waals surface area contributed by atoms with E-state index in [0.29, 0.717) is 23.8 Å². The number of rotatable bonds is 5. The quantitative estimate of drug-likeness (QED) is 0.837. The van der Waals surface area contributed by atoms with Crippen molar-refractivity contribution in [3.05, 3.63) is 24.2 Å². The van der Waals surface area contributed by atoms with Gasteiger partial charge in [-0.25, -0.2) is 0 Å². The number of carbonyl (C=O) groups is 1. The SMILES string of the molecule is CC(C)CN(C1CCOCC1)C1CN(C(=O)c2ccco2)C1. The van der Waals surface area contributed by atoms with E-state index in [4.69, 9.17) is 9.15 Å². The molecule has 0 atom stereocenters. The zero-order chi connectivity index (χ0) is 15.5. The Bertz CT molecular complexity index is 474. The number of carbonyl (C=O) groups excluding carboxylic acids is 1. The lowest BCUT2D eigenvalue weighted by Crippen LogP contribution is -2.64. The van der Waals surface area contributed by atoms with Crippen LogP contribution >= 0.6 is 0 Å². The van der Waals surface area contributed by atoms with Crippen LogP contribution in [0.5, 0.6) is 0 Å². The highest BCUT2D eigenvalue weighted by Gasteiger charge is 2.39. The van der Waals surface area contributed by atoms with Crippen LogP contribution in [0.4, 0.5) is 0 Å². The monoisotopic (exact) mass is 306 g/mol. The molecule has 2 aliphatic heterocycles. The molecule has 1 aromatic heterocycles. The Morgan fingerprint density at radius 2 is 2.05 bits per heavy atom. The maximum absolute atomic E-state index is 12.2. The minimum Gasteiger partial charge on any atom is -0.459 e. The summed E-state index contributed by atoms with van der Waals surface area (Å²) in [7, 11) is 0. The molecule has 22 heavy (non-hydrogen) atoms. The zero-order valence-electron chi connectivity index (χ0n) is 13.5. The van der Waals surface area contributed by atoms with E-state index in [9.17, 15) is 4.79 Å². The first-order chi connectivity index (χ1) is 10.6. The first-order valence-corrected chi connectivity index (χ1v) is 8.31. The van der Waals surface area contributed by atoms with Crippen LogP contribution in [0.1, 0.15) is 37.2 Å². The molecule has 0 saturated carbocycles. The topological polar surface area (TPSA) is 45.9 Å². The fourth-order valence-electron chi connectivity index (χ4n) is 3.42. The molecule has 1 amide bonds. The van der Waals surface area contributed by atoms with Gasteiger partial charge in [-0.15, -0.1) is 0 Å². The van der Waals surface area contributed by atoms with Crippen molar-refractivity contribution < 1.29 is 13.9 Å². The predicted molar refractivity (Wildman–Crippen MR) is 83.8 cm³/mol. The highest BCUT2D eigenvalue weighted by molar-refractivity contribution is 5.92. The molecule has 0 aliphatic carbocycles. The van der Waals surface area contributed by atoms with Gasteiger partial charge in [0.2, 0.25) is 0 Å². The molecule has 0 unspecified atom stereocenters. The van der Waals surface area contributed by atoms with Crippen molar-refractivity contribution in [1.29, 1.82) is 0 Å². The van der Waals surface area contributed by atoms with Crippen LogP contribution in [0.25, 0.3) is 0 Å². The fraction of sp³-hybridized carbons (Fsp3) is 0.706. The predicted octanol–water partition coefficient (Wildman–Crippen LogP) is 2.24. The van der Waals surface area contributed by atoms with Crippen molar-refractivity contribution in [3.63, 3.8) is 0 Å². The molecule has 2 saturated heterocycles. The summed E-state index contributed by atoms with van der Waals surface area (Å²) < 4.78 is 10.7. The van der Waals surface area contributed by atoms with Gasteiger partial charge in [0.15, 0.2) is 5.76 Å². The van der Waals surface area contributed by atoms with Crippen LogP contribution in [-0.2, 0) is 4.74 Å². The van der Waals surface area contributed by atoms with Gasteiger partial charge in [0.05, 0.1) is 6.26 Å². The van der Waals surface area contributed by atoms with Gasteiger partial charge in [-0.3, -0.25) is 9.69 Å². The summed E-state index contributed by atoms with van der Waals surface area (Å²) in [5.41, 5.74) is 0. The third-order valence-corrected chi connectivity index (χ3v) is 4.59. The Morgan fingerprint density at radius 3 is 2.64 bits per heavy atom. The van der Waals surface area contributed by atoms with Crippen molar-refractivity contribution >= 4 is 5.91 Å². The van der Waals surface area contributed by atoms with Gasteiger partial charge in [-0.1, -0.05) is 13.8 Å². The van der Waals surface area contributed by atoms with Crippen molar-refractivity contribution in [2.24, 2.45) is 5.92 Å². The molecule has 122 valence electrons. The van der Waals surface area contributed by atoms with Crippen LogP contribution in [-0.4, -0.2) is 60.6 Å². The molecule has 0 spiro atoms. The minimum atomic E-state index is 0.0118. The van der Waals surface area contributed by atoms with Crippen LogP contribution in [0, 0.1) is 5.92 Å². The van der Waals surface area contributed by atoms with Gasteiger partial charge < -0.3 is 14.1 Å². The van der Waals surface area contributed by atoms with Gasteiger partial charge in [0.25, 0.3) is 5.91 Å². The van der Waals surface area contributed by atoms with Crippen LogP contribution < -0.4 is 0 Å². The van der Waals surface area contributed by atoms with Crippen LogP contribution in [0.15, 0.2) is 22.8 Å². The van der Waals surface area contributed by atoms with E-state index in [1.54, 1.807) is 18.4 Å². The van der Waals surface area contributed by atoms with Crippen molar-refractivity contribution in [2.75, 3.05) is 32.8 Å². The maximum atomic E-state index is 12.2. The highest BCUT2D eigenvalue weighted by atomic mass is 16.5. The molecule has 0 N–H and O–H groups in total. The fourth-order valence-corrected chi connectivity index (χ4v) is 3.42. The van der Waals surface area contributed by atoms with Gasteiger partial charge in [-0.2, -0.15) is 0 Å². The molecule has 2 aliphatic rings. The second kappa shape index (κ2) is 6.84. The van der Waals surface area contributed by atoms with E-state index in [1.165, 1.54) is 0 Å². The molecular weight excluding hydrogens is 280 g/mol. The molecule has 5 heteroatoms. The lowest BCUT2D eigenvalue weighted by atomic mass is 9.98. The third kappa shape index (κ3) is 3.36. The summed E-state index contributed by atoms with van der Waals surface area (Å²) in [6.07, 6.45) is 3.77. The summed E-state index contributed by atoms with van der Waals surface area (Å²) in [6.45, 7) is 8.96. The molecule has 1 aromatic rings. The van der Waals surface area contributed by atoms with E-state index in [1.807, 2.05) is 4.90 Å². The number of likely N-dealkylation sites (tertiary alicyclic amines) is 1. The smallest absolute Gasteiger partial charge is 0.289 e. The average molecular weight is 306 g/mol.